The summed E-state index contributed by atoms with van der Waals surface area (Å²) in [5, 5.41) is 5.65. The molecule has 2 N–H and O–H groups in total. The number of likely N-dealkylation sites (tertiary alicyclic amines) is 1. The van der Waals surface area contributed by atoms with Crippen LogP contribution >= 0.6 is 15.9 Å². The largest absolute Gasteiger partial charge is 0.444 e. The number of nitrogens with one attached hydrogen (secondary N) is 2. The van der Waals surface area contributed by atoms with Gasteiger partial charge in [-0.25, -0.2) is 9.59 Å². The molecule has 0 aromatic heterocycles. The van der Waals surface area contributed by atoms with Gasteiger partial charge in [-0.2, -0.15) is 0 Å². The number of ether oxygens (including phenoxy) is 1. The highest BCUT2D eigenvalue weighted by Crippen LogP contribution is 2.15. The maximum absolute atomic E-state index is 12.7. The van der Waals surface area contributed by atoms with E-state index in [2.05, 4.69) is 31.5 Å². The number of hydrogen-bond acceptors (Lipinski definition) is 4. The van der Waals surface area contributed by atoms with Crippen LogP contribution in [-0.4, -0.2) is 66.8 Å². The first-order valence-electron chi connectivity index (χ1n) is 9.74. The Kier molecular flexibility index (Phi) is 8.57. The molecule has 0 unspecified atom stereocenters. The van der Waals surface area contributed by atoms with E-state index in [1.807, 2.05) is 45.0 Å². The van der Waals surface area contributed by atoms with Gasteiger partial charge in [0, 0.05) is 36.3 Å². The third-order valence-corrected chi connectivity index (χ3v) is 4.85. The van der Waals surface area contributed by atoms with Crippen molar-refractivity contribution in [2.24, 2.45) is 0 Å². The number of rotatable bonds is 7. The summed E-state index contributed by atoms with van der Waals surface area (Å²) in [6, 6.07) is 7.29. The summed E-state index contributed by atoms with van der Waals surface area (Å²) in [5.74, 6) is 0. The van der Waals surface area contributed by atoms with Crippen LogP contribution in [0.5, 0.6) is 0 Å². The van der Waals surface area contributed by atoms with Gasteiger partial charge in [0.2, 0.25) is 0 Å². The quantitative estimate of drug-likeness (QED) is 0.654. The molecular formula is C20H31BrN4O3. The van der Waals surface area contributed by atoms with Gasteiger partial charge in [-0.1, -0.05) is 15.9 Å². The topological polar surface area (TPSA) is 73.9 Å². The van der Waals surface area contributed by atoms with Crippen LogP contribution in [0.3, 0.4) is 0 Å². The highest BCUT2D eigenvalue weighted by molar-refractivity contribution is 9.10. The van der Waals surface area contributed by atoms with Gasteiger partial charge < -0.3 is 25.2 Å². The van der Waals surface area contributed by atoms with Gasteiger partial charge in [0.1, 0.15) is 5.60 Å². The van der Waals surface area contributed by atoms with Crippen LogP contribution in [0, 0.1) is 0 Å². The SMILES string of the molecule is CC(C)(C)OC(=O)NCCN(CCN1CCCC1)C(=O)Nc1ccc(Br)cc1. The molecule has 2 rings (SSSR count). The number of hydrogen-bond donors (Lipinski definition) is 2. The minimum atomic E-state index is -0.543. The Morgan fingerprint density at radius 1 is 1.14 bits per heavy atom. The molecule has 1 saturated heterocycles. The molecule has 1 aliphatic rings. The summed E-state index contributed by atoms with van der Waals surface area (Å²) in [6.45, 7) is 9.81. The number of urea groups is 1. The number of anilines is 1. The maximum Gasteiger partial charge on any atom is 0.407 e. The van der Waals surface area contributed by atoms with Gasteiger partial charge in [0.15, 0.2) is 0 Å². The van der Waals surface area contributed by atoms with E-state index < -0.39 is 11.7 Å². The molecule has 8 heteroatoms. The van der Waals surface area contributed by atoms with Gasteiger partial charge in [0.05, 0.1) is 0 Å². The number of halogens is 1. The fourth-order valence-corrected chi connectivity index (χ4v) is 3.19. The number of amides is 3. The second-order valence-corrected chi connectivity index (χ2v) is 8.82. The molecule has 7 nitrogen and oxygen atoms in total. The zero-order valence-corrected chi connectivity index (χ0v) is 18.5. The van der Waals surface area contributed by atoms with Crippen LogP contribution in [0.1, 0.15) is 33.6 Å². The Hall–Kier alpha value is -1.80. The van der Waals surface area contributed by atoms with Crippen molar-refractivity contribution >= 4 is 33.7 Å². The van der Waals surface area contributed by atoms with Crippen molar-refractivity contribution in [2.45, 2.75) is 39.2 Å². The minimum absolute atomic E-state index is 0.174. The molecule has 3 amide bonds. The van der Waals surface area contributed by atoms with Crippen LogP contribution in [0.15, 0.2) is 28.7 Å². The number of carbonyl (C=O) groups excluding carboxylic acids is 2. The number of benzene rings is 1. The van der Waals surface area contributed by atoms with Crippen LogP contribution < -0.4 is 10.6 Å². The fourth-order valence-electron chi connectivity index (χ4n) is 2.93. The molecule has 1 aliphatic heterocycles. The molecule has 1 heterocycles. The highest BCUT2D eigenvalue weighted by Gasteiger charge is 2.19. The third-order valence-electron chi connectivity index (χ3n) is 4.32. The normalized spacial score (nSPS) is 14.6. The first-order chi connectivity index (χ1) is 13.2. The van der Waals surface area contributed by atoms with Crippen LogP contribution in [-0.2, 0) is 4.74 Å². The lowest BCUT2D eigenvalue weighted by Gasteiger charge is -2.26. The summed E-state index contributed by atoms with van der Waals surface area (Å²) in [6.07, 6.45) is 1.96. The Balaban J connectivity index is 1.88. The summed E-state index contributed by atoms with van der Waals surface area (Å²) in [7, 11) is 0. The Labute approximate surface area is 175 Å². The molecule has 0 atom stereocenters. The molecule has 0 aliphatic carbocycles. The number of carbonyl (C=O) groups is 2. The first-order valence-corrected chi connectivity index (χ1v) is 10.5. The molecule has 1 aromatic rings. The Bertz CT molecular complexity index is 640. The van der Waals surface area contributed by atoms with Crippen LogP contribution in [0.4, 0.5) is 15.3 Å². The van der Waals surface area contributed by atoms with E-state index in [0.717, 1.165) is 29.8 Å². The first kappa shape index (κ1) is 22.5. The highest BCUT2D eigenvalue weighted by atomic mass is 79.9. The van der Waals surface area contributed by atoms with E-state index in [4.69, 9.17) is 4.74 Å². The van der Waals surface area contributed by atoms with Gasteiger partial charge >= 0.3 is 12.1 Å². The van der Waals surface area contributed by atoms with E-state index in [9.17, 15) is 9.59 Å². The second-order valence-electron chi connectivity index (χ2n) is 7.90. The lowest BCUT2D eigenvalue weighted by Crippen LogP contribution is -2.44. The lowest BCUT2D eigenvalue weighted by molar-refractivity contribution is 0.0523. The molecule has 1 aromatic carbocycles. The monoisotopic (exact) mass is 454 g/mol. The van der Waals surface area contributed by atoms with Crippen molar-refractivity contribution in [3.8, 4) is 0 Å². The van der Waals surface area contributed by atoms with Gasteiger partial charge in [-0.15, -0.1) is 0 Å². The maximum atomic E-state index is 12.7. The summed E-state index contributed by atoms with van der Waals surface area (Å²) >= 11 is 3.39. The van der Waals surface area contributed by atoms with E-state index in [0.29, 0.717) is 19.6 Å². The Morgan fingerprint density at radius 2 is 1.79 bits per heavy atom. The van der Waals surface area contributed by atoms with E-state index in [1.54, 1.807) is 4.90 Å². The van der Waals surface area contributed by atoms with Crippen LogP contribution in [0.25, 0.3) is 0 Å². The molecule has 1 fully saturated rings. The summed E-state index contributed by atoms with van der Waals surface area (Å²) in [4.78, 5) is 28.7. The Morgan fingerprint density at radius 3 is 2.39 bits per heavy atom. The molecule has 0 saturated carbocycles. The predicted molar refractivity (Wildman–Crippen MR) is 115 cm³/mol. The van der Waals surface area contributed by atoms with Gasteiger partial charge in [0.25, 0.3) is 0 Å². The molecule has 0 radical (unpaired) electrons. The summed E-state index contributed by atoms with van der Waals surface area (Å²) < 4.78 is 6.20. The second kappa shape index (κ2) is 10.7. The minimum Gasteiger partial charge on any atom is -0.444 e. The number of nitrogens with zero attached hydrogens (tertiary/aromatic N) is 2. The van der Waals surface area contributed by atoms with E-state index in [1.165, 1.54) is 12.8 Å². The van der Waals surface area contributed by atoms with Crippen molar-refractivity contribution in [2.75, 3.05) is 44.6 Å². The average Bonchev–Trinajstić information content (AvgIpc) is 3.11. The van der Waals surface area contributed by atoms with Crippen molar-refractivity contribution in [1.29, 1.82) is 0 Å². The van der Waals surface area contributed by atoms with Crippen molar-refractivity contribution in [3.63, 3.8) is 0 Å². The van der Waals surface area contributed by atoms with Gasteiger partial charge in [-0.3, -0.25) is 0 Å². The molecule has 156 valence electrons. The zero-order valence-electron chi connectivity index (χ0n) is 17.0. The van der Waals surface area contributed by atoms with Crippen LogP contribution in [0.2, 0.25) is 0 Å². The average molecular weight is 455 g/mol. The number of alkyl carbamates (subject to hydrolysis) is 1. The van der Waals surface area contributed by atoms with E-state index >= 15 is 0 Å². The molecule has 28 heavy (non-hydrogen) atoms. The lowest BCUT2D eigenvalue weighted by atomic mass is 10.2. The van der Waals surface area contributed by atoms with Crippen molar-refractivity contribution in [3.05, 3.63) is 28.7 Å². The smallest absolute Gasteiger partial charge is 0.407 e. The van der Waals surface area contributed by atoms with E-state index in [-0.39, 0.29) is 6.03 Å². The summed E-state index contributed by atoms with van der Waals surface area (Å²) in [5.41, 5.74) is 0.192. The van der Waals surface area contributed by atoms with Gasteiger partial charge in [-0.05, 0) is 71.0 Å². The molecule has 0 spiro atoms. The molecular weight excluding hydrogens is 424 g/mol. The zero-order chi connectivity index (χ0) is 20.6. The standard InChI is InChI=1S/C20H31BrN4O3/c1-20(2,3)28-19(27)22-10-13-25(15-14-24-11-4-5-12-24)18(26)23-17-8-6-16(21)7-9-17/h6-9H,4-5,10-15H2,1-3H3,(H,22,27)(H,23,26). The third kappa shape index (κ3) is 8.48. The predicted octanol–water partition coefficient (Wildman–Crippen LogP) is 3.90. The fraction of sp³-hybridized carbons (Fsp3) is 0.600. The van der Waals surface area contributed by atoms with Crippen molar-refractivity contribution < 1.29 is 14.3 Å². The van der Waals surface area contributed by atoms with Crippen molar-refractivity contribution in [1.82, 2.24) is 15.1 Å². The molecule has 0 bridgehead atoms.